The Labute approximate surface area is 193 Å². The van der Waals surface area contributed by atoms with Gasteiger partial charge >= 0.3 is 0 Å². The van der Waals surface area contributed by atoms with Gasteiger partial charge in [0.2, 0.25) is 0 Å². The molecule has 0 bridgehead atoms. The minimum absolute atomic E-state index is 0.0936. The Kier molecular flexibility index (Phi) is 6.82. The largest absolute Gasteiger partial charge is 0.412 e. The minimum Gasteiger partial charge on any atom is -0.412 e. The zero-order valence-corrected chi connectivity index (χ0v) is 26.3. The van der Waals surface area contributed by atoms with Gasteiger partial charge in [-0.15, -0.1) is 0 Å². The van der Waals surface area contributed by atoms with E-state index in [-0.39, 0.29) is 26.5 Å². The summed E-state index contributed by atoms with van der Waals surface area (Å²) in [6.45, 7) is 45.2. The van der Waals surface area contributed by atoms with E-state index in [1.54, 1.807) is 0 Å². The van der Waals surface area contributed by atoms with Crippen molar-refractivity contribution >= 4 is 15.4 Å². The van der Waals surface area contributed by atoms with E-state index in [2.05, 4.69) is 125 Å². The lowest BCUT2D eigenvalue weighted by molar-refractivity contribution is -0.132. The molecule has 0 spiro atoms. The van der Waals surface area contributed by atoms with Crippen molar-refractivity contribution in [1.29, 1.82) is 0 Å². The van der Waals surface area contributed by atoms with Gasteiger partial charge in [0.25, 0.3) is 0 Å². The third-order valence-corrected chi connectivity index (χ3v) is 34.7. The van der Waals surface area contributed by atoms with E-state index in [0.717, 1.165) is 0 Å². The van der Waals surface area contributed by atoms with Crippen LogP contribution >= 0.6 is 0 Å². The van der Waals surface area contributed by atoms with Crippen LogP contribution in [0.25, 0.3) is 0 Å². The SMILES string of the molecule is CC(C)(C)C1(C(C)(C)C)CC[Si](C(C)(C)C)(C(C)(C)C)[Si](C(C)(C)C)(C(C)(C)C)O1. The van der Waals surface area contributed by atoms with Crippen molar-refractivity contribution in [2.75, 3.05) is 0 Å². The van der Waals surface area contributed by atoms with Crippen LogP contribution < -0.4 is 0 Å². The second-order valence-corrected chi connectivity index (χ2v) is 31.1. The molecule has 180 valence electrons. The predicted molar refractivity (Wildman–Crippen MR) is 143 cm³/mol. The van der Waals surface area contributed by atoms with Gasteiger partial charge in [-0.05, 0) is 37.4 Å². The van der Waals surface area contributed by atoms with Gasteiger partial charge in [0.05, 0.1) is 13.2 Å². The van der Waals surface area contributed by atoms with Crippen LogP contribution in [0.2, 0.25) is 26.2 Å². The van der Waals surface area contributed by atoms with Crippen LogP contribution in [0, 0.1) is 10.8 Å². The highest BCUT2D eigenvalue weighted by atomic mass is 29.3. The molecule has 0 unspecified atom stereocenters. The second-order valence-electron chi connectivity index (χ2n) is 16.5. The Hall–Kier alpha value is 0.394. The maximum atomic E-state index is 8.19. The first-order valence-electron chi connectivity index (χ1n) is 12.4. The molecule has 1 fully saturated rings. The average molecular weight is 455 g/mol. The molecule has 0 saturated carbocycles. The molecule has 0 aliphatic carbocycles. The highest BCUT2D eigenvalue weighted by Gasteiger charge is 2.79. The summed E-state index contributed by atoms with van der Waals surface area (Å²) in [6.07, 6.45) is 1.20. The second kappa shape index (κ2) is 7.19. The molecule has 1 nitrogen and oxygen atoms in total. The van der Waals surface area contributed by atoms with Gasteiger partial charge in [-0.2, -0.15) is 0 Å². The number of hydrogen-bond acceptors (Lipinski definition) is 1. The highest BCUT2D eigenvalue weighted by molar-refractivity contribution is 7.44. The fraction of sp³-hybridized carbons (Fsp3) is 1.00. The van der Waals surface area contributed by atoms with Crippen molar-refractivity contribution in [3.63, 3.8) is 0 Å². The van der Waals surface area contributed by atoms with Gasteiger partial charge < -0.3 is 4.43 Å². The molecule has 0 N–H and O–H groups in total. The lowest BCUT2D eigenvalue weighted by Crippen LogP contribution is -2.85. The van der Waals surface area contributed by atoms with Crippen molar-refractivity contribution in [1.82, 2.24) is 0 Å². The van der Waals surface area contributed by atoms with E-state index in [0.29, 0.717) is 10.1 Å². The van der Waals surface area contributed by atoms with Crippen LogP contribution in [0.3, 0.4) is 0 Å². The van der Waals surface area contributed by atoms with E-state index in [9.17, 15) is 0 Å². The Morgan fingerprint density at radius 3 is 1.00 bits per heavy atom. The van der Waals surface area contributed by atoms with Crippen LogP contribution in [-0.4, -0.2) is 21.0 Å². The molecule has 1 heterocycles. The van der Waals surface area contributed by atoms with Crippen molar-refractivity contribution in [3.8, 4) is 0 Å². The molecule has 0 atom stereocenters. The molecule has 1 aliphatic heterocycles. The van der Waals surface area contributed by atoms with Gasteiger partial charge in [-0.3, -0.25) is 0 Å². The monoisotopic (exact) mass is 454 g/mol. The molecule has 0 amide bonds. The molecule has 1 aliphatic rings. The minimum atomic E-state index is -2.35. The van der Waals surface area contributed by atoms with Crippen LogP contribution in [0.5, 0.6) is 0 Å². The van der Waals surface area contributed by atoms with Gasteiger partial charge in [-0.25, -0.2) is 0 Å². The zero-order valence-electron chi connectivity index (χ0n) is 24.3. The summed E-state index contributed by atoms with van der Waals surface area (Å²) in [5.41, 5.74) is 0.0758. The molecular formula is C27H58OSi2. The van der Waals surface area contributed by atoms with Gasteiger partial charge in [0, 0.05) is 0 Å². The van der Waals surface area contributed by atoms with E-state index < -0.39 is 15.4 Å². The van der Waals surface area contributed by atoms with Crippen LogP contribution in [0.1, 0.15) is 131 Å². The molecule has 1 saturated heterocycles. The van der Waals surface area contributed by atoms with Crippen molar-refractivity contribution in [2.45, 2.75) is 163 Å². The Balaban J connectivity index is 4.30. The first-order valence-corrected chi connectivity index (χ1v) is 17.5. The molecule has 3 heteroatoms. The van der Waals surface area contributed by atoms with Crippen molar-refractivity contribution in [3.05, 3.63) is 0 Å². The molecule has 30 heavy (non-hydrogen) atoms. The van der Waals surface area contributed by atoms with Gasteiger partial charge in [0.15, 0.2) is 7.83 Å². The smallest absolute Gasteiger partial charge is 0.192 e. The summed E-state index contributed by atoms with van der Waals surface area (Å²) in [6, 6.07) is 1.38. The van der Waals surface area contributed by atoms with E-state index in [1.165, 1.54) is 12.5 Å². The average Bonchev–Trinajstić information content (AvgIpc) is 2.38. The quantitative estimate of drug-likeness (QED) is 0.331. The third-order valence-electron chi connectivity index (χ3n) is 8.88. The van der Waals surface area contributed by atoms with Gasteiger partial charge in [-0.1, -0.05) is 131 Å². The fourth-order valence-electron chi connectivity index (χ4n) is 8.76. The Morgan fingerprint density at radius 2 is 0.800 bits per heavy atom. The van der Waals surface area contributed by atoms with E-state index in [4.69, 9.17) is 4.43 Å². The fourth-order valence-corrected chi connectivity index (χ4v) is 39.0. The molecular weight excluding hydrogens is 396 g/mol. The third kappa shape index (κ3) is 3.65. The topological polar surface area (TPSA) is 9.23 Å². The highest BCUT2D eigenvalue weighted by Crippen LogP contribution is 2.73. The van der Waals surface area contributed by atoms with E-state index >= 15 is 0 Å². The molecule has 0 radical (unpaired) electrons. The van der Waals surface area contributed by atoms with Crippen LogP contribution in [-0.2, 0) is 4.43 Å². The Bertz CT molecular complexity index is 577. The summed E-state index contributed by atoms with van der Waals surface area (Å²) < 4.78 is 8.19. The number of hydrogen-bond donors (Lipinski definition) is 0. The van der Waals surface area contributed by atoms with Crippen LogP contribution in [0.15, 0.2) is 0 Å². The molecule has 0 aromatic rings. The first-order chi connectivity index (χ1) is 12.7. The normalized spacial score (nSPS) is 23.4. The van der Waals surface area contributed by atoms with Gasteiger partial charge in [0.1, 0.15) is 0 Å². The molecule has 0 aromatic heterocycles. The van der Waals surface area contributed by atoms with Crippen molar-refractivity contribution in [2.24, 2.45) is 10.8 Å². The van der Waals surface area contributed by atoms with Crippen molar-refractivity contribution < 1.29 is 4.43 Å². The lowest BCUT2D eigenvalue weighted by Gasteiger charge is -2.75. The maximum Gasteiger partial charge on any atom is 0.192 e. The summed E-state index contributed by atoms with van der Waals surface area (Å²) in [5.74, 6) is 0. The molecule has 0 aromatic carbocycles. The summed E-state index contributed by atoms with van der Waals surface area (Å²) in [7, 11) is -4.32. The standard InChI is InChI=1S/C27H58OSi2/c1-21(2,3)27(22(4,5)6)19-20-29(23(7,8)9,24(10,11)12)30(28-27,25(13,14)15)26(16,17)18/h19-20H2,1-18H3. The maximum absolute atomic E-state index is 8.19. The zero-order chi connectivity index (χ0) is 24.6. The first kappa shape index (κ1) is 28.4. The summed E-state index contributed by atoms with van der Waals surface area (Å²) >= 11 is 0. The lowest BCUT2D eigenvalue weighted by atomic mass is 9.61. The van der Waals surface area contributed by atoms with Crippen LogP contribution in [0.4, 0.5) is 0 Å². The van der Waals surface area contributed by atoms with E-state index in [1.807, 2.05) is 0 Å². The Morgan fingerprint density at radius 1 is 0.500 bits per heavy atom. The summed E-state index contributed by atoms with van der Waals surface area (Å²) in [5, 5.41) is 0.917. The number of rotatable bonds is 0. The predicted octanol–water partition coefficient (Wildman–Crippen LogP) is 9.91. The summed E-state index contributed by atoms with van der Waals surface area (Å²) in [4.78, 5) is 0. The molecule has 1 rings (SSSR count).